The van der Waals surface area contributed by atoms with Crippen molar-refractivity contribution >= 4 is 18.3 Å². The van der Waals surface area contributed by atoms with Crippen LogP contribution < -0.4 is 10.6 Å². The lowest BCUT2D eigenvalue weighted by Crippen LogP contribution is -2.30. The minimum absolute atomic E-state index is 0. The average molecular weight is 334 g/mol. The number of benzene rings is 1. The second-order valence-electron chi connectivity index (χ2n) is 5.33. The molecule has 0 atom stereocenters. The fraction of sp³-hybridized carbons (Fsp3) is 0.294. The monoisotopic (exact) mass is 333 g/mol. The van der Waals surface area contributed by atoms with Crippen molar-refractivity contribution in [2.75, 3.05) is 19.6 Å². The first kappa shape index (κ1) is 17.2. The molecule has 6 heteroatoms. The number of hydrogen-bond donors (Lipinski definition) is 2. The minimum Gasteiger partial charge on any atom is -0.360 e. The predicted octanol–water partition coefficient (Wildman–Crippen LogP) is 2.72. The number of halogens is 1. The van der Waals surface area contributed by atoms with E-state index in [1.165, 1.54) is 5.57 Å². The van der Waals surface area contributed by atoms with Gasteiger partial charge in [-0.3, -0.25) is 4.79 Å². The van der Waals surface area contributed by atoms with Gasteiger partial charge in [0.2, 0.25) is 0 Å². The highest BCUT2D eigenvalue weighted by Crippen LogP contribution is 2.24. The Bertz CT molecular complexity index is 695. The molecule has 0 spiro atoms. The number of aromatic nitrogens is 1. The Morgan fingerprint density at radius 3 is 2.83 bits per heavy atom. The summed E-state index contributed by atoms with van der Waals surface area (Å²) in [5.41, 5.74) is 3.24. The lowest BCUT2D eigenvalue weighted by Gasteiger charge is -2.14. The molecule has 122 valence electrons. The quantitative estimate of drug-likeness (QED) is 0.844. The van der Waals surface area contributed by atoms with E-state index in [9.17, 15) is 4.79 Å². The standard InChI is InChI=1S/C17H19N3O2.ClH/c1-12-15(16(20-22-12)14-5-3-2-4-6-14)17(21)19-11-13-7-9-18-10-8-13;/h2-7,18H,8-11H2,1H3,(H,19,21);1H. The first-order valence-corrected chi connectivity index (χ1v) is 7.44. The number of aryl methyl sites for hydroxylation is 1. The number of hydrogen-bond acceptors (Lipinski definition) is 4. The van der Waals surface area contributed by atoms with E-state index in [1.807, 2.05) is 30.3 Å². The molecule has 0 bridgehead atoms. The van der Waals surface area contributed by atoms with E-state index in [4.69, 9.17) is 4.52 Å². The van der Waals surface area contributed by atoms with E-state index >= 15 is 0 Å². The molecule has 0 radical (unpaired) electrons. The highest BCUT2D eigenvalue weighted by molar-refractivity contribution is 6.00. The second-order valence-corrected chi connectivity index (χ2v) is 5.33. The minimum atomic E-state index is -0.142. The molecule has 3 rings (SSSR count). The van der Waals surface area contributed by atoms with Crippen LogP contribution in [0.5, 0.6) is 0 Å². The highest BCUT2D eigenvalue weighted by atomic mass is 35.5. The third kappa shape index (κ3) is 4.00. The normalized spacial score (nSPS) is 13.9. The fourth-order valence-corrected chi connectivity index (χ4v) is 2.54. The van der Waals surface area contributed by atoms with Crippen LogP contribution in [0.15, 0.2) is 46.5 Å². The summed E-state index contributed by atoms with van der Waals surface area (Å²) in [5, 5.41) is 10.3. The van der Waals surface area contributed by atoms with Gasteiger partial charge in [-0.25, -0.2) is 0 Å². The van der Waals surface area contributed by atoms with E-state index in [1.54, 1.807) is 6.92 Å². The summed E-state index contributed by atoms with van der Waals surface area (Å²) < 4.78 is 5.23. The van der Waals surface area contributed by atoms with Crippen molar-refractivity contribution in [2.45, 2.75) is 13.3 Å². The summed E-state index contributed by atoms with van der Waals surface area (Å²) in [6, 6.07) is 9.61. The van der Waals surface area contributed by atoms with Crippen molar-refractivity contribution in [3.8, 4) is 11.3 Å². The van der Waals surface area contributed by atoms with Crippen LogP contribution in [-0.2, 0) is 0 Å². The molecule has 1 aromatic carbocycles. The van der Waals surface area contributed by atoms with Crippen LogP contribution in [0.1, 0.15) is 22.5 Å². The maximum atomic E-state index is 12.5. The van der Waals surface area contributed by atoms with Crippen LogP contribution in [0.3, 0.4) is 0 Å². The molecular weight excluding hydrogens is 314 g/mol. The van der Waals surface area contributed by atoms with Gasteiger partial charge in [-0.15, -0.1) is 12.4 Å². The maximum absolute atomic E-state index is 12.5. The molecule has 0 fully saturated rings. The van der Waals surface area contributed by atoms with Crippen molar-refractivity contribution in [1.82, 2.24) is 15.8 Å². The molecule has 2 N–H and O–H groups in total. The van der Waals surface area contributed by atoms with E-state index in [2.05, 4.69) is 21.9 Å². The Balaban J connectivity index is 0.00000192. The summed E-state index contributed by atoms with van der Waals surface area (Å²) in [6.45, 7) is 4.16. The van der Waals surface area contributed by atoms with Gasteiger partial charge in [0.05, 0.1) is 0 Å². The van der Waals surface area contributed by atoms with Crippen molar-refractivity contribution < 1.29 is 9.32 Å². The third-order valence-electron chi connectivity index (χ3n) is 3.77. The van der Waals surface area contributed by atoms with E-state index in [0.717, 1.165) is 25.1 Å². The largest absolute Gasteiger partial charge is 0.360 e. The Morgan fingerprint density at radius 1 is 1.35 bits per heavy atom. The number of carbonyl (C=O) groups is 1. The summed E-state index contributed by atoms with van der Waals surface area (Å²) in [4.78, 5) is 12.5. The van der Waals surface area contributed by atoms with Crippen LogP contribution in [0.4, 0.5) is 0 Å². The lowest BCUT2D eigenvalue weighted by molar-refractivity contribution is 0.0955. The summed E-state index contributed by atoms with van der Waals surface area (Å²) in [7, 11) is 0. The van der Waals surface area contributed by atoms with Crippen LogP contribution in [0, 0.1) is 6.92 Å². The SMILES string of the molecule is Cc1onc(-c2ccccc2)c1C(=O)NCC1=CCNCC1.Cl. The first-order chi connectivity index (χ1) is 10.8. The molecule has 0 saturated heterocycles. The molecule has 0 aliphatic carbocycles. The van der Waals surface area contributed by atoms with Gasteiger partial charge in [-0.2, -0.15) is 0 Å². The van der Waals surface area contributed by atoms with Gasteiger partial charge >= 0.3 is 0 Å². The Morgan fingerprint density at radius 2 is 2.13 bits per heavy atom. The van der Waals surface area contributed by atoms with Crippen LogP contribution in [0.25, 0.3) is 11.3 Å². The van der Waals surface area contributed by atoms with Gasteiger partial charge in [0.1, 0.15) is 17.0 Å². The van der Waals surface area contributed by atoms with Crippen LogP contribution >= 0.6 is 12.4 Å². The van der Waals surface area contributed by atoms with Gasteiger partial charge in [0, 0.05) is 18.7 Å². The van der Waals surface area contributed by atoms with Gasteiger partial charge < -0.3 is 15.2 Å². The molecule has 1 aliphatic heterocycles. The zero-order chi connectivity index (χ0) is 15.4. The summed E-state index contributed by atoms with van der Waals surface area (Å²) >= 11 is 0. The molecule has 5 nitrogen and oxygen atoms in total. The molecule has 23 heavy (non-hydrogen) atoms. The molecule has 1 aromatic heterocycles. The Kier molecular flexibility index (Phi) is 5.96. The zero-order valence-electron chi connectivity index (χ0n) is 13.0. The van der Waals surface area contributed by atoms with Crippen LogP contribution in [-0.4, -0.2) is 30.7 Å². The van der Waals surface area contributed by atoms with Crippen molar-refractivity contribution in [3.05, 3.63) is 53.3 Å². The summed E-state index contributed by atoms with van der Waals surface area (Å²) in [6.07, 6.45) is 3.09. The number of rotatable bonds is 4. The van der Waals surface area contributed by atoms with Gasteiger partial charge in [-0.05, 0) is 19.9 Å². The molecule has 2 aromatic rings. The fourth-order valence-electron chi connectivity index (χ4n) is 2.54. The van der Waals surface area contributed by atoms with Crippen molar-refractivity contribution in [2.24, 2.45) is 0 Å². The smallest absolute Gasteiger partial charge is 0.257 e. The maximum Gasteiger partial charge on any atom is 0.257 e. The zero-order valence-corrected chi connectivity index (χ0v) is 13.8. The van der Waals surface area contributed by atoms with E-state index in [-0.39, 0.29) is 18.3 Å². The van der Waals surface area contributed by atoms with E-state index in [0.29, 0.717) is 23.6 Å². The average Bonchev–Trinajstić information content (AvgIpc) is 2.96. The number of nitrogens with zero attached hydrogens (tertiary/aromatic N) is 1. The topological polar surface area (TPSA) is 67.2 Å². The van der Waals surface area contributed by atoms with Gasteiger partial charge in [0.25, 0.3) is 5.91 Å². The van der Waals surface area contributed by atoms with Crippen molar-refractivity contribution in [3.63, 3.8) is 0 Å². The Labute approximate surface area is 141 Å². The number of amides is 1. The second kappa shape index (κ2) is 7.94. The predicted molar refractivity (Wildman–Crippen MR) is 91.8 cm³/mol. The Hall–Kier alpha value is -2.11. The highest BCUT2D eigenvalue weighted by Gasteiger charge is 2.21. The number of carbonyl (C=O) groups excluding carboxylic acids is 1. The van der Waals surface area contributed by atoms with Crippen LogP contribution in [0.2, 0.25) is 0 Å². The third-order valence-corrected chi connectivity index (χ3v) is 3.77. The van der Waals surface area contributed by atoms with E-state index < -0.39 is 0 Å². The molecule has 1 amide bonds. The number of nitrogens with one attached hydrogen (secondary N) is 2. The molecule has 2 heterocycles. The molecule has 0 unspecified atom stereocenters. The van der Waals surface area contributed by atoms with Crippen molar-refractivity contribution in [1.29, 1.82) is 0 Å². The lowest BCUT2D eigenvalue weighted by atomic mass is 10.1. The molecule has 1 aliphatic rings. The molecule has 0 saturated carbocycles. The summed E-state index contributed by atoms with van der Waals surface area (Å²) in [5.74, 6) is 0.396. The van der Waals surface area contributed by atoms with Gasteiger partial charge in [0.15, 0.2) is 0 Å². The first-order valence-electron chi connectivity index (χ1n) is 7.44. The molecular formula is C17H20ClN3O2. The van der Waals surface area contributed by atoms with Gasteiger partial charge in [-0.1, -0.05) is 47.1 Å².